The first-order valence-electron chi connectivity index (χ1n) is 4.09. The minimum atomic E-state index is -0.780. The van der Waals surface area contributed by atoms with Crippen molar-refractivity contribution >= 4 is 11.9 Å². The molecule has 1 rings (SSSR count). The minimum absolute atomic E-state index is 0.228. The van der Waals surface area contributed by atoms with E-state index >= 15 is 0 Å². The topological polar surface area (TPSA) is 62.7 Å². The van der Waals surface area contributed by atoms with E-state index in [4.69, 9.17) is 0 Å². The fourth-order valence-electron chi connectivity index (χ4n) is 0.778. The third-order valence-corrected chi connectivity index (χ3v) is 1.36. The van der Waals surface area contributed by atoms with E-state index in [-0.39, 0.29) is 11.9 Å². The average molecular weight is 185 g/mol. The summed E-state index contributed by atoms with van der Waals surface area (Å²) >= 11 is 0. The van der Waals surface area contributed by atoms with Crippen LogP contribution in [-0.2, 0) is 0 Å². The van der Waals surface area contributed by atoms with Crippen LogP contribution in [0.1, 0.15) is 13.3 Å². The molecule has 1 heterocycles. The van der Waals surface area contributed by atoms with Gasteiger partial charge in [-0.15, -0.1) is 0 Å². The third-order valence-electron chi connectivity index (χ3n) is 1.36. The molecule has 72 valence electrons. The normalized spacial score (nSPS) is 9.77. The SMILES string of the molecule is CCCNc1nc(F)nc(NC)n1. The van der Waals surface area contributed by atoms with E-state index in [1.807, 2.05) is 6.92 Å². The Morgan fingerprint density at radius 2 is 1.92 bits per heavy atom. The summed E-state index contributed by atoms with van der Waals surface area (Å²) in [5, 5.41) is 5.51. The molecule has 0 bridgehead atoms. The Labute approximate surface area is 75.8 Å². The van der Waals surface area contributed by atoms with E-state index in [2.05, 4.69) is 25.6 Å². The molecule has 0 saturated heterocycles. The molecule has 0 amide bonds. The fraction of sp³-hybridized carbons (Fsp3) is 0.571. The average Bonchev–Trinajstić information content (AvgIpc) is 2.14. The second-order valence-corrected chi connectivity index (χ2v) is 2.43. The second kappa shape index (κ2) is 4.54. The van der Waals surface area contributed by atoms with E-state index < -0.39 is 6.08 Å². The van der Waals surface area contributed by atoms with Crippen LogP contribution < -0.4 is 10.6 Å². The van der Waals surface area contributed by atoms with Gasteiger partial charge in [-0.2, -0.15) is 19.3 Å². The maximum atomic E-state index is 12.7. The first kappa shape index (κ1) is 9.63. The van der Waals surface area contributed by atoms with Gasteiger partial charge in [0, 0.05) is 13.6 Å². The summed E-state index contributed by atoms with van der Waals surface area (Å²) in [6, 6.07) is 0. The predicted octanol–water partition coefficient (Wildman–Crippen LogP) is 0.874. The van der Waals surface area contributed by atoms with Crippen molar-refractivity contribution in [1.82, 2.24) is 15.0 Å². The first-order valence-corrected chi connectivity index (χ1v) is 4.09. The number of nitrogens with one attached hydrogen (secondary N) is 2. The zero-order valence-electron chi connectivity index (χ0n) is 7.63. The van der Waals surface area contributed by atoms with E-state index in [1.54, 1.807) is 7.05 Å². The largest absolute Gasteiger partial charge is 0.357 e. The summed E-state index contributed by atoms with van der Waals surface area (Å²) in [5.41, 5.74) is 0. The number of hydrogen-bond acceptors (Lipinski definition) is 5. The molecule has 1 aromatic heterocycles. The molecule has 0 spiro atoms. The van der Waals surface area contributed by atoms with Gasteiger partial charge >= 0.3 is 6.08 Å². The molecule has 0 aliphatic heterocycles. The monoisotopic (exact) mass is 185 g/mol. The summed E-state index contributed by atoms with van der Waals surface area (Å²) < 4.78 is 12.7. The zero-order chi connectivity index (χ0) is 9.68. The van der Waals surface area contributed by atoms with Gasteiger partial charge in [0.2, 0.25) is 11.9 Å². The number of aromatic nitrogens is 3. The van der Waals surface area contributed by atoms with Crippen molar-refractivity contribution in [3.05, 3.63) is 6.08 Å². The van der Waals surface area contributed by atoms with Crippen molar-refractivity contribution in [2.24, 2.45) is 0 Å². The molecule has 0 aliphatic carbocycles. The Hall–Kier alpha value is -1.46. The molecule has 6 heteroatoms. The van der Waals surface area contributed by atoms with Crippen molar-refractivity contribution in [2.45, 2.75) is 13.3 Å². The molecule has 2 N–H and O–H groups in total. The summed E-state index contributed by atoms with van der Waals surface area (Å²) in [6.45, 7) is 2.72. The van der Waals surface area contributed by atoms with Gasteiger partial charge in [0.1, 0.15) is 0 Å². The quantitative estimate of drug-likeness (QED) is 0.728. The minimum Gasteiger partial charge on any atom is -0.357 e. The molecular weight excluding hydrogens is 173 g/mol. The number of halogens is 1. The van der Waals surface area contributed by atoms with Crippen LogP contribution in [0.15, 0.2) is 0 Å². The number of nitrogens with zero attached hydrogens (tertiary/aromatic N) is 3. The van der Waals surface area contributed by atoms with Crippen LogP contribution in [0.3, 0.4) is 0 Å². The molecule has 0 aliphatic rings. The Balaban J connectivity index is 2.76. The van der Waals surface area contributed by atoms with Gasteiger partial charge < -0.3 is 10.6 Å². The van der Waals surface area contributed by atoms with Gasteiger partial charge in [-0.25, -0.2) is 0 Å². The highest BCUT2D eigenvalue weighted by atomic mass is 19.1. The van der Waals surface area contributed by atoms with Gasteiger partial charge in [-0.3, -0.25) is 0 Å². The Morgan fingerprint density at radius 1 is 1.23 bits per heavy atom. The lowest BCUT2D eigenvalue weighted by Crippen LogP contribution is -2.09. The van der Waals surface area contributed by atoms with Crippen LogP contribution in [0.4, 0.5) is 16.3 Å². The smallest absolute Gasteiger partial charge is 0.315 e. The number of hydrogen-bond donors (Lipinski definition) is 2. The summed E-state index contributed by atoms with van der Waals surface area (Å²) in [7, 11) is 1.62. The van der Waals surface area contributed by atoms with E-state index in [9.17, 15) is 4.39 Å². The van der Waals surface area contributed by atoms with Gasteiger partial charge in [-0.05, 0) is 6.42 Å². The highest BCUT2D eigenvalue weighted by molar-refractivity contribution is 5.31. The van der Waals surface area contributed by atoms with Gasteiger partial charge in [0.05, 0.1) is 0 Å². The lowest BCUT2D eigenvalue weighted by Gasteiger charge is -2.03. The van der Waals surface area contributed by atoms with Crippen molar-refractivity contribution < 1.29 is 4.39 Å². The number of rotatable bonds is 4. The molecule has 0 aromatic carbocycles. The lowest BCUT2D eigenvalue weighted by atomic mass is 10.5. The molecule has 1 aromatic rings. The maximum absolute atomic E-state index is 12.7. The van der Waals surface area contributed by atoms with Crippen LogP contribution in [0, 0.1) is 6.08 Å². The Morgan fingerprint density at radius 3 is 2.54 bits per heavy atom. The second-order valence-electron chi connectivity index (χ2n) is 2.43. The van der Waals surface area contributed by atoms with Gasteiger partial charge in [-0.1, -0.05) is 6.92 Å². The van der Waals surface area contributed by atoms with Crippen LogP contribution in [0.5, 0.6) is 0 Å². The van der Waals surface area contributed by atoms with Crippen LogP contribution >= 0.6 is 0 Å². The number of anilines is 2. The van der Waals surface area contributed by atoms with Crippen molar-refractivity contribution in [2.75, 3.05) is 24.2 Å². The van der Waals surface area contributed by atoms with Crippen molar-refractivity contribution in [3.63, 3.8) is 0 Å². The molecule has 0 unspecified atom stereocenters. The molecule has 5 nitrogen and oxygen atoms in total. The van der Waals surface area contributed by atoms with E-state index in [1.165, 1.54) is 0 Å². The Kier molecular flexibility index (Phi) is 3.36. The zero-order valence-corrected chi connectivity index (χ0v) is 7.63. The molecule has 13 heavy (non-hydrogen) atoms. The summed E-state index contributed by atoms with van der Waals surface area (Å²) in [6.07, 6.45) is 0.153. The van der Waals surface area contributed by atoms with E-state index in [0.29, 0.717) is 6.54 Å². The van der Waals surface area contributed by atoms with Crippen LogP contribution in [0.25, 0.3) is 0 Å². The Bertz CT molecular complexity index is 278. The predicted molar refractivity (Wildman–Crippen MR) is 48.1 cm³/mol. The summed E-state index contributed by atoms with van der Waals surface area (Å²) in [4.78, 5) is 10.8. The fourth-order valence-corrected chi connectivity index (χ4v) is 0.778. The van der Waals surface area contributed by atoms with E-state index in [0.717, 1.165) is 6.42 Å². The standard InChI is InChI=1S/C7H12FN5/c1-3-4-10-7-12-5(8)11-6(9-2)13-7/h3-4H2,1-2H3,(H2,9,10,11,12,13). The lowest BCUT2D eigenvalue weighted by molar-refractivity contribution is 0.536. The third kappa shape index (κ3) is 2.81. The molecule has 0 fully saturated rings. The first-order chi connectivity index (χ1) is 6.26. The maximum Gasteiger partial charge on any atom is 0.315 e. The summed E-state index contributed by atoms with van der Waals surface area (Å²) in [5.74, 6) is 0.491. The molecule has 0 radical (unpaired) electrons. The van der Waals surface area contributed by atoms with Crippen LogP contribution in [0.2, 0.25) is 0 Å². The van der Waals surface area contributed by atoms with Gasteiger partial charge in [0.25, 0.3) is 0 Å². The van der Waals surface area contributed by atoms with Gasteiger partial charge in [0.15, 0.2) is 0 Å². The molecule has 0 atom stereocenters. The molecular formula is C7H12FN5. The highest BCUT2D eigenvalue weighted by Gasteiger charge is 2.02. The highest BCUT2D eigenvalue weighted by Crippen LogP contribution is 2.03. The molecule has 0 saturated carbocycles. The van der Waals surface area contributed by atoms with Crippen LogP contribution in [-0.4, -0.2) is 28.5 Å². The van der Waals surface area contributed by atoms with Crippen molar-refractivity contribution in [1.29, 1.82) is 0 Å². The van der Waals surface area contributed by atoms with Crippen molar-refractivity contribution in [3.8, 4) is 0 Å².